The Kier molecular flexibility index (Phi) is 6.26. The maximum atomic E-state index is 11.1. The van der Waals surface area contributed by atoms with Gasteiger partial charge in [-0.15, -0.1) is 0 Å². The molecule has 0 aliphatic rings. The van der Waals surface area contributed by atoms with Gasteiger partial charge in [-0.1, -0.05) is 0 Å². The van der Waals surface area contributed by atoms with Gasteiger partial charge >= 0.3 is 11.9 Å². The summed E-state index contributed by atoms with van der Waals surface area (Å²) in [7, 11) is 0. The first-order valence-electron chi connectivity index (χ1n) is 4.73. The molecular formula is C11H12O6. The predicted molar refractivity (Wildman–Crippen MR) is 56.3 cm³/mol. The lowest BCUT2D eigenvalue weighted by molar-refractivity contribution is -0.152. The van der Waals surface area contributed by atoms with Crippen LogP contribution in [0.2, 0.25) is 0 Å². The SMILES string of the molecule is CC(=C=O)C(=O)OCC(C)OC(=O)C(C)=C=O. The zero-order valence-electron chi connectivity index (χ0n) is 9.73. The molecule has 0 saturated carbocycles. The summed E-state index contributed by atoms with van der Waals surface area (Å²) in [6, 6.07) is 0. The van der Waals surface area contributed by atoms with E-state index < -0.39 is 18.0 Å². The van der Waals surface area contributed by atoms with Crippen LogP contribution in [0, 0.1) is 0 Å². The molecule has 0 radical (unpaired) electrons. The maximum absolute atomic E-state index is 11.1. The second-order valence-electron chi connectivity index (χ2n) is 3.27. The van der Waals surface area contributed by atoms with E-state index in [9.17, 15) is 19.2 Å². The Morgan fingerprint density at radius 1 is 1.06 bits per heavy atom. The zero-order chi connectivity index (χ0) is 13.4. The van der Waals surface area contributed by atoms with Gasteiger partial charge in [0.1, 0.15) is 35.7 Å². The van der Waals surface area contributed by atoms with Crippen LogP contribution in [0.4, 0.5) is 0 Å². The van der Waals surface area contributed by atoms with Gasteiger partial charge < -0.3 is 9.47 Å². The summed E-state index contributed by atoms with van der Waals surface area (Å²) in [4.78, 5) is 42.3. The molecule has 0 rings (SSSR count). The summed E-state index contributed by atoms with van der Waals surface area (Å²) in [6.45, 7) is 3.78. The van der Waals surface area contributed by atoms with Crippen LogP contribution >= 0.6 is 0 Å². The Morgan fingerprint density at radius 2 is 1.53 bits per heavy atom. The van der Waals surface area contributed by atoms with Gasteiger partial charge in [-0.25, -0.2) is 19.2 Å². The fourth-order valence-corrected chi connectivity index (χ4v) is 0.690. The van der Waals surface area contributed by atoms with Crippen molar-refractivity contribution >= 4 is 23.8 Å². The molecule has 0 aromatic rings. The van der Waals surface area contributed by atoms with Crippen LogP contribution in [0.3, 0.4) is 0 Å². The lowest BCUT2D eigenvalue weighted by Gasteiger charge is -2.12. The number of esters is 2. The van der Waals surface area contributed by atoms with E-state index in [1.165, 1.54) is 32.7 Å². The van der Waals surface area contributed by atoms with Crippen molar-refractivity contribution in [2.24, 2.45) is 0 Å². The monoisotopic (exact) mass is 240 g/mol. The van der Waals surface area contributed by atoms with E-state index in [4.69, 9.17) is 4.74 Å². The second kappa shape index (κ2) is 7.17. The van der Waals surface area contributed by atoms with Crippen LogP contribution in [0.5, 0.6) is 0 Å². The van der Waals surface area contributed by atoms with Gasteiger partial charge in [-0.3, -0.25) is 0 Å². The summed E-state index contributed by atoms with van der Waals surface area (Å²) in [5.74, 6) is 1.12. The molecule has 92 valence electrons. The summed E-state index contributed by atoms with van der Waals surface area (Å²) in [5, 5.41) is 0. The number of carbonyl (C=O) groups is 2. The molecule has 17 heavy (non-hydrogen) atoms. The van der Waals surface area contributed by atoms with E-state index in [2.05, 4.69) is 4.74 Å². The number of hydrogen-bond acceptors (Lipinski definition) is 6. The zero-order valence-corrected chi connectivity index (χ0v) is 9.73. The molecule has 6 heteroatoms. The van der Waals surface area contributed by atoms with Crippen LogP contribution in [-0.4, -0.2) is 36.5 Å². The van der Waals surface area contributed by atoms with E-state index in [1.807, 2.05) is 0 Å². The van der Waals surface area contributed by atoms with E-state index in [1.54, 1.807) is 0 Å². The molecule has 1 atom stereocenters. The molecule has 0 fully saturated rings. The van der Waals surface area contributed by atoms with Crippen molar-refractivity contribution in [3.8, 4) is 0 Å². The van der Waals surface area contributed by atoms with Crippen molar-refractivity contribution < 1.29 is 28.7 Å². The van der Waals surface area contributed by atoms with Gasteiger partial charge in [0.05, 0.1) is 0 Å². The summed E-state index contributed by atoms with van der Waals surface area (Å²) in [6.07, 6.45) is -0.728. The number of hydrogen-bond donors (Lipinski definition) is 0. The molecule has 0 saturated heterocycles. The van der Waals surface area contributed by atoms with Crippen LogP contribution in [0.15, 0.2) is 11.1 Å². The first-order valence-corrected chi connectivity index (χ1v) is 4.73. The van der Waals surface area contributed by atoms with E-state index in [-0.39, 0.29) is 17.8 Å². The van der Waals surface area contributed by atoms with Crippen molar-refractivity contribution in [3.05, 3.63) is 11.1 Å². The molecule has 0 aromatic carbocycles. The van der Waals surface area contributed by atoms with Crippen LogP contribution in [0.25, 0.3) is 0 Å². The second-order valence-corrected chi connectivity index (χ2v) is 3.27. The van der Waals surface area contributed by atoms with Crippen molar-refractivity contribution in [2.45, 2.75) is 26.9 Å². The summed E-state index contributed by atoms with van der Waals surface area (Å²) in [5.41, 5.74) is -0.403. The van der Waals surface area contributed by atoms with Gasteiger partial charge in [0, 0.05) is 0 Å². The molecule has 0 amide bonds. The highest BCUT2D eigenvalue weighted by Gasteiger charge is 2.15. The fourth-order valence-electron chi connectivity index (χ4n) is 0.690. The Bertz CT molecular complexity index is 410. The highest BCUT2D eigenvalue weighted by molar-refractivity contribution is 5.96. The lowest BCUT2D eigenvalue weighted by atomic mass is 10.3. The minimum Gasteiger partial charge on any atom is -0.458 e. The van der Waals surface area contributed by atoms with Gasteiger partial charge in [-0.2, -0.15) is 0 Å². The normalized spacial score (nSPS) is 10.5. The number of rotatable bonds is 5. The summed E-state index contributed by atoms with van der Waals surface area (Å²) >= 11 is 0. The minimum absolute atomic E-state index is 0.201. The smallest absolute Gasteiger partial charge is 0.345 e. The molecule has 1 unspecified atom stereocenters. The third-order valence-corrected chi connectivity index (χ3v) is 1.68. The first kappa shape index (κ1) is 14.8. The topological polar surface area (TPSA) is 86.7 Å². The number of ether oxygens (including phenoxy) is 2. The molecule has 0 aliphatic heterocycles. The van der Waals surface area contributed by atoms with Gasteiger partial charge in [0.2, 0.25) is 0 Å². The maximum Gasteiger partial charge on any atom is 0.345 e. The third-order valence-electron chi connectivity index (χ3n) is 1.68. The van der Waals surface area contributed by atoms with Gasteiger partial charge in [-0.05, 0) is 20.8 Å². The molecule has 0 spiro atoms. The molecule has 0 heterocycles. The number of carbonyl (C=O) groups excluding carboxylic acids is 4. The van der Waals surface area contributed by atoms with Crippen molar-refractivity contribution in [1.82, 2.24) is 0 Å². The molecule has 0 aromatic heterocycles. The van der Waals surface area contributed by atoms with Gasteiger partial charge in [0.15, 0.2) is 0 Å². The van der Waals surface area contributed by atoms with Crippen molar-refractivity contribution in [2.75, 3.05) is 6.61 Å². The van der Waals surface area contributed by atoms with Crippen LogP contribution in [-0.2, 0) is 28.7 Å². The fraction of sp³-hybridized carbons (Fsp3) is 0.455. The quantitative estimate of drug-likeness (QED) is 0.382. The van der Waals surface area contributed by atoms with E-state index in [0.29, 0.717) is 0 Å². The predicted octanol–water partition coefficient (Wildman–Crippen LogP) is 0.0171. The molecule has 6 nitrogen and oxygen atoms in total. The molecule has 0 N–H and O–H groups in total. The standard InChI is InChI=1S/C11H12O6/c1-7(4-12)10(14)16-6-9(3)17-11(15)8(2)5-13/h9H,6H2,1-3H3. The first-order chi connectivity index (χ1) is 7.92. The van der Waals surface area contributed by atoms with Crippen molar-refractivity contribution in [1.29, 1.82) is 0 Å². The Hall–Kier alpha value is -2.16. The third kappa shape index (κ3) is 5.47. The summed E-state index contributed by atoms with van der Waals surface area (Å²) < 4.78 is 9.39. The van der Waals surface area contributed by atoms with E-state index in [0.717, 1.165) is 0 Å². The van der Waals surface area contributed by atoms with Crippen LogP contribution < -0.4 is 0 Å². The minimum atomic E-state index is -0.828. The Labute approximate surface area is 97.9 Å². The van der Waals surface area contributed by atoms with Crippen LogP contribution in [0.1, 0.15) is 20.8 Å². The Morgan fingerprint density at radius 3 is 2.00 bits per heavy atom. The van der Waals surface area contributed by atoms with Gasteiger partial charge in [0.25, 0.3) is 0 Å². The molecular weight excluding hydrogens is 228 g/mol. The van der Waals surface area contributed by atoms with Crippen molar-refractivity contribution in [3.63, 3.8) is 0 Å². The Balaban J connectivity index is 4.17. The molecule has 0 bridgehead atoms. The molecule has 0 aliphatic carbocycles. The highest BCUT2D eigenvalue weighted by Crippen LogP contribution is 2.00. The van der Waals surface area contributed by atoms with E-state index >= 15 is 0 Å². The largest absolute Gasteiger partial charge is 0.458 e. The average Bonchev–Trinajstić information content (AvgIpc) is 2.33. The average molecular weight is 240 g/mol. The highest BCUT2D eigenvalue weighted by atomic mass is 16.6. The lowest BCUT2D eigenvalue weighted by Crippen LogP contribution is -2.23.